The van der Waals surface area contributed by atoms with Crippen LogP contribution in [0.3, 0.4) is 0 Å². The van der Waals surface area contributed by atoms with Crippen LogP contribution in [0.4, 0.5) is 0 Å². The van der Waals surface area contributed by atoms with Crippen molar-refractivity contribution in [2.75, 3.05) is 26.4 Å². The summed E-state index contributed by atoms with van der Waals surface area (Å²) in [5.74, 6) is -0.0926. The Balaban J connectivity index is 0.00000441. The van der Waals surface area contributed by atoms with E-state index in [-0.39, 0.29) is 18.4 Å². The first kappa shape index (κ1) is 21.3. The van der Waals surface area contributed by atoms with Crippen LogP contribution in [0.25, 0.3) is 0 Å². The Morgan fingerprint density at radius 2 is 1.77 bits per heavy atom. The third-order valence-corrected chi connectivity index (χ3v) is 3.87. The first-order chi connectivity index (χ1) is 10.3. The topological polar surface area (TPSA) is 34.0 Å². The van der Waals surface area contributed by atoms with E-state index >= 15 is 0 Å². The predicted octanol–water partition coefficient (Wildman–Crippen LogP) is -0.677. The van der Waals surface area contributed by atoms with E-state index in [0.717, 1.165) is 19.6 Å². The molecule has 0 bridgehead atoms. The highest BCUT2D eigenvalue weighted by molar-refractivity contribution is 5.71. The van der Waals surface area contributed by atoms with Crippen LogP contribution in [-0.2, 0) is 9.53 Å². The van der Waals surface area contributed by atoms with Crippen molar-refractivity contribution in [1.29, 1.82) is 0 Å². The Bertz CT molecular complexity index is 311. The molecule has 0 saturated carbocycles. The number of carbonyl (C=O) groups excluding carboxylic acids is 1. The summed E-state index contributed by atoms with van der Waals surface area (Å²) in [4.78, 5) is 15.2. The minimum absolute atomic E-state index is 0. The van der Waals surface area contributed by atoms with Crippen LogP contribution in [0.2, 0.25) is 0 Å². The van der Waals surface area contributed by atoms with Crippen LogP contribution in [-0.4, -0.2) is 37.2 Å². The summed E-state index contributed by atoms with van der Waals surface area (Å²) in [6, 6.07) is 0. The molecule has 0 aromatic carbocycles. The molecule has 1 N–H and O–H groups in total. The Kier molecular flexibility index (Phi) is 13.4. The molecule has 4 nitrogen and oxygen atoms in total. The Morgan fingerprint density at radius 3 is 2.50 bits per heavy atom. The number of ether oxygens (including phenoxy) is 1. The first-order valence-electron chi connectivity index (χ1n) is 8.68. The fourth-order valence-corrected chi connectivity index (χ4v) is 2.53. The van der Waals surface area contributed by atoms with Crippen LogP contribution in [0.1, 0.15) is 65.2 Å². The van der Waals surface area contributed by atoms with Crippen molar-refractivity contribution in [2.24, 2.45) is 0 Å². The summed E-state index contributed by atoms with van der Waals surface area (Å²) < 4.78 is 5.30. The second-order valence-corrected chi connectivity index (χ2v) is 5.97. The van der Waals surface area contributed by atoms with E-state index in [9.17, 15) is 4.79 Å². The molecule has 0 saturated heterocycles. The maximum atomic E-state index is 11.7. The Morgan fingerprint density at radius 1 is 1.09 bits per heavy atom. The Hall–Kier alpha value is -0.740. The molecule has 0 fully saturated rings. The zero-order chi connectivity index (χ0) is 15.3. The van der Waals surface area contributed by atoms with Crippen LogP contribution >= 0.6 is 0 Å². The van der Waals surface area contributed by atoms with Crippen molar-refractivity contribution in [2.45, 2.75) is 65.2 Å². The fourth-order valence-electron chi connectivity index (χ4n) is 2.53. The molecule has 0 radical (unpaired) electrons. The standard InChI is InChI=1S/C17H32N2O2.ClH/c1-3-5-7-8-9-10-14-21-17(20)15-19-13-12-18(16-19)11-6-4-2;/h12-13H,3-11,14-16H2,1-2H3;1H. The van der Waals surface area contributed by atoms with Crippen LogP contribution in [0.15, 0.2) is 12.4 Å². The molecule has 1 unspecified atom stereocenters. The number of unbranched alkanes of at least 4 members (excludes halogenated alkanes) is 6. The van der Waals surface area contributed by atoms with Crippen molar-refractivity contribution < 1.29 is 26.8 Å². The second kappa shape index (κ2) is 13.9. The minimum atomic E-state index is -0.0926. The molecule has 0 spiro atoms. The van der Waals surface area contributed by atoms with E-state index in [1.165, 1.54) is 49.8 Å². The van der Waals surface area contributed by atoms with E-state index in [0.29, 0.717) is 13.2 Å². The molecule has 1 heterocycles. The summed E-state index contributed by atoms with van der Waals surface area (Å²) >= 11 is 0. The molecule has 22 heavy (non-hydrogen) atoms. The quantitative estimate of drug-likeness (QED) is 0.380. The second-order valence-electron chi connectivity index (χ2n) is 5.97. The van der Waals surface area contributed by atoms with E-state index in [1.54, 1.807) is 0 Å². The van der Waals surface area contributed by atoms with E-state index < -0.39 is 0 Å². The van der Waals surface area contributed by atoms with Crippen molar-refractivity contribution in [3.63, 3.8) is 0 Å². The van der Waals surface area contributed by atoms with Gasteiger partial charge in [-0.05, 0) is 12.8 Å². The molecule has 1 atom stereocenters. The molecular weight excluding hydrogens is 300 g/mol. The lowest BCUT2D eigenvalue weighted by atomic mass is 10.1. The average molecular weight is 333 g/mol. The summed E-state index contributed by atoms with van der Waals surface area (Å²) in [7, 11) is 0. The fraction of sp³-hybridized carbons (Fsp3) is 0.824. The predicted molar refractivity (Wildman–Crippen MR) is 85.8 cm³/mol. The number of halogens is 1. The summed E-state index contributed by atoms with van der Waals surface area (Å²) in [5.41, 5.74) is 0. The average Bonchev–Trinajstić information content (AvgIpc) is 2.91. The van der Waals surface area contributed by atoms with Gasteiger partial charge >= 0.3 is 5.97 Å². The summed E-state index contributed by atoms with van der Waals surface area (Å²) in [6.07, 6.45) is 14.0. The van der Waals surface area contributed by atoms with E-state index in [1.807, 2.05) is 6.20 Å². The molecule has 130 valence electrons. The highest BCUT2D eigenvalue weighted by Crippen LogP contribution is 2.05. The van der Waals surface area contributed by atoms with Crippen LogP contribution in [0.5, 0.6) is 0 Å². The number of rotatable bonds is 12. The minimum Gasteiger partial charge on any atom is -1.00 e. The smallest absolute Gasteiger partial charge is 0.325 e. The number of nitrogens with one attached hydrogen (secondary N) is 1. The van der Waals surface area contributed by atoms with E-state index in [4.69, 9.17) is 4.74 Å². The highest BCUT2D eigenvalue weighted by atomic mass is 35.5. The maximum absolute atomic E-state index is 11.7. The SMILES string of the molecule is CCCCCCCCOC(=O)CN1C=C[NH+](CCCC)C1.[Cl-]. The molecular formula is C17H33ClN2O2. The van der Waals surface area contributed by atoms with Crippen molar-refractivity contribution in [3.05, 3.63) is 12.4 Å². The Labute approximate surface area is 142 Å². The van der Waals surface area contributed by atoms with Gasteiger partial charge in [0.25, 0.3) is 0 Å². The largest absolute Gasteiger partial charge is 1.00 e. The lowest BCUT2D eigenvalue weighted by Crippen LogP contribution is -3.07. The van der Waals surface area contributed by atoms with Crippen molar-refractivity contribution in [3.8, 4) is 0 Å². The van der Waals surface area contributed by atoms with Gasteiger partial charge in [0.1, 0.15) is 12.7 Å². The van der Waals surface area contributed by atoms with Crippen LogP contribution < -0.4 is 17.3 Å². The van der Waals surface area contributed by atoms with E-state index in [2.05, 4.69) is 24.9 Å². The van der Waals surface area contributed by atoms with Gasteiger partial charge in [-0.1, -0.05) is 52.4 Å². The lowest BCUT2D eigenvalue weighted by Gasteiger charge is -2.16. The van der Waals surface area contributed by atoms with Crippen molar-refractivity contribution >= 4 is 5.97 Å². The number of esters is 1. The van der Waals surface area contributed by atoms with Gasteiger partial charge in [-0.15, -0.1) is 0 Å². The van der Waals surface area contributed by atoms with Gasteiger partial charge in [0.05, 0.1) is 19.4 Å². The number of hydrogen-bond acceptors (Lipinski definition) is 3. The highest BCUT2D eigenvalue weighted by Gasteiger charge is 2.19. The number of quaternary nitrogens is 1. The molecule has 1 aliphatic heterocycles. The third kappa shape index (κ3) is 10.1. The number of hydrogen-bond donors (Lipinski definition) is 1. The van der Waals surface area contributed by atoms with Gasteiger partial charge in [-0.25, -0.2) is 0 Å². The summed E-state index contributed by atoms with van der Waals surface area (Å²) in [5, 5.41) is 0. The molecule has 0 amide bonds. The molecule has 1 rings (SSSR count). The first-order valence-corrected chi connectivity index (χ1v) is 8.68. The van der Waals surface area contributed by atoms with Gasteiger partial charge in [-0.2, -0.15) is 0 Å². The monoisotopic (exact) mass is 332 g/mol. The molecule has 5 heteroatoms. The maximum Gasteiger partial charge on any atom is 0.325 e. The molecule has 0 aromatic rings. The number of carbonyl (C=O) groups is 1. The van der Waals surface area contributed by atoms with Gasteiger partial charge in [0.2, 0.25) is 0 Å². The normalized spacial score (nSPS) is 16.6. The molecule has 0 aliphatic carbocycles. The van der Waals surface area contributed by atoms with Crippen molar-refractivity contribution in [1.82, 2.24) is 4.90 Å². The third-order valence-electron chi connectivity index (χ3n) is 3.87. The van der Waals surface area contributed by atoms with Gasteiger partial charge in [0, 0.05) is 0 Å². The van der Waals surface area contributed by atoms with Crippen LogP contribution in [0, 0.1) is 0 Å². The lowest BCUT2D eigenvalue weighted by molar-refractivity contribution is -0.849. The number of nitrogens with zero attached hydrogens (tertiary/aromatic N) is 1. The zero-order valence-corrected chi connectivity index (χ0v) is 15.0. The summed E-state index contributed by atoms with van der Waals surface area (Å²) in [6.45, 7) is 7.44. The van der Waals surface area contributed by atoms with Gasteiger partial charge in [-0.3, -0.25) is 9.69 Å². The molecule has 1 aliphatic rings. The molecule has 0 aromatic heterocycles. The van der Waals surface area contributed by atoms with Gasteiger partial charge < -0.3 is 22.0 Å². The zero-order valence-electron chi connectivity index (χ0n) is 14.3. The van der Waals surface area contributed by atoms with Gasteiger partial charge in [0.15, 0.2) is 6.67 Å².